The molecule has 0 aliphatic carbocycles. The van der Waals surface area contributed by atoms with E-state index < -0.39 is 0 Å². The van der Waals surface area contributed by atoms with Crippen LogP contribution in [0.3, 0.4) is 0 Å². The molecule has 1 heterocycles. The highest BCUT2D eigenvalue weighted by molar-refractivity contribution is 7.80. The van der Waals surface area contributed by atoms with Crippen LogP contribution in [0.15, 0.2) is 23.1 Å². The molecule has 1 saturated heterocycles. The van der Waals surface area contributed by atoms with Crippen molar-refractivity contribution in [2.75, 3.05) is 26.3 Å². The predicted molar refractivity (Wildman–Crippen MR) is 78.6 cm³/mol. The van der Waals surface area contributed by atoms with Crippen LogP contribution in [0.25, 0.3) is 0 Å². The summed E-state index contributed by atoms with van der Waals surface area (Å²) < 4.78 is 5.43. The first-order chi connectivity index (χ1) is 8.49. The van der Waals surface area contributed by atoms with Crippen molar-refractivity contribution in [2.24, 2.45) is 0 Å². The van der Waals surface area contributed by atoms with Crippen molar-refractivity contribution in [3.63, 3.8) is 0 Å². The highest BCUT2D eigenvalue weighted by Crippen LogP contribution is 2.25. The number of thiol groups is 1. The van der Waals surface area contributed by atoms with Crippen LogP contribution in [0.5, 0.6) is 0 Å². The fourth-order valence-electron chi connectivity index (χ4n) is 2.57. The average Bonchev–Trinajstić information content (AvgIpc) is 2.34. The van der Waals surface area contributed by atoms with Crippen molar-refractivity contribution in [3.05, 3.63) is 29.3 Å². The molecule has 3 heteroatoms. The van der Waals surface area contributed by atoms with E-state index in [0.717, 1.165) is 37.6 Å². The molecular weight excluding hydrogens is 242 g/mol. The smallest absolute Gasteiger partial charge is 0.0594 e. The summed E-state index contributed by atoms with van der Waals surface area (Å²) in [4.78, 5) is 3.63. The van der Waals surface area contributed by atoms with Crippen LogP contribution in [0.2, 0.25) is 0 Å². The molecule has 1 aromatic carbocycles. The third kappa shape index (κ3) is 3.28. The molecule has 18 heavy (non-hydrogen) atoms. The van der Waals surface area contributed by atoms with Crippen LogP contribution in [0, 0.1) is 6.92 Å². The minimum absolute atomic E-state index is 0.163. The van der Waals surface area contributed by atoms with Gasteiger partial charge in [-0.15, -0.1) is 12.6 Å². The van der Waals surface area contributed by atoms with E-state index in [1.165, 1.54) is 11.1 Å². The normalized spacial score (nSPS) is 18.0. The number of nitrogens with zero attached hydrogens (tertiary/aromatic N) is 1. The number of aryl methyl sites for hydroxylation is 1. The first kappa shape index (κ1) is 13.9. The van der Waals surface area contributed by atoms with E-state index in [1.54, 1.807) is 0 Å². The van der Waals surface area contributed by atoms with Gasteiger partial charge in [0.1, 0.15) is 0 Å². The zero-order valence-corrected chi connectivity index (χ0v) is 12.5. The van der Waals surface area contributed by atoms with Crippen LogP contribution < -0.4 is 0 Å². The van der Waals surface area contributed by atoms with E-state index in [0.29, 0.717) is 0 Å². The standard InChI is InChI=1S/C15H23NOS/c1-12-4-5-13(14(18)10-12)11-15(2,3)16-6-8-17-9-7-16/h4-5,10,18H,6-9,11H2,1-3H3. The molecule has 0 spiro atoms. The second-order valence-electron chi connectivity index (χ2n) is 5.72. The van der Waals surface area contributed by atoms with Gasteiger partial charge in [0.2, 0.25) is 0 Å². The second kappa shape index (κ2) is 5.64. The largest absolute Gasteiger partial charge is 0.379 e. The number of hydrogen-bond acceptors (Lipinski definition) is 3. The summed E-state index contributed by atoms with van der Waals surface area (Å²) in [6.45, 7) is 10.5. The highest BCUT2D eigenvalue weighted by Gasteiger charge is 2.28. The Morgan fingerprint density at radius 3 is 2.56 bits per heavy atom. The molecule has 0 unspecified atom stereocenters. The van der Waals surface area contributed by atoms with E-state index in [1.807, 2.05) is 0 Å². The fourth-order valence-corrected chi connectivity index (χ4v) is 2.93. The van der Waals surface area contributed by atoms with Crippen LogP contribution in [0.4, 0.5) is 0 Å². The van der Waals surface area contributed by atoms with Gasteiger partial charge in [0.25, 0.3) is 0 Å². The monoisotopic (exact) mass is 265 g/mol. The molecule has 0 N–H and O–H groups in total. The fraction of sp³-hybridized carbons (Fsp3) is 0.600. The lowest BCUT2D eigenvalue weighted by Gasteiger charge is -2.41. The van der Waals surface area contributed by atoms with Gasteiger partial charge in [0.15, 0.2) is 0 Å². The Labute approximate surface area is 116 Å². The summed E-state index contributed by atoms with van der Waals surface area (Å²) in [7, 11) is 0. The molecule has 1 aromatic rings. The van der Waals surface area contributed by atoms with Crippen LogP contribution in [0.1, 0.15) is 25.0 Å². The lowest BCUT2D eigenvalue weighted by atomic mass is 9.92. The summed E-state index contributed by atoms with van der Waals surface area (Å²) >= 11 is 4.60. The molecule has 100 valence electrons. The van der Waals surface area contributed by atoms with Gasteiger partial charge in [-0.1, -0.05) is 17.7 Å². The molecule has 0 atom stereocenters. The Hall–Kier alpha value is -0.510. The van der Waals surface area contributed by atoms with Crippen molar-refractivity contribution >= 4 is 12.6 Å². The Morgan fingerprint density at radius 1 is 1.28 bits per heavy atom. The minimum Gasteiger partial charge on any atom is -0.379 e. The molecule has 0 amide bonds. The van der Waals surface area contributed by atoms with Crippen molar-refractivity contribution in [1.82, 2.24) is 4.90 Å². The number of hydrogen-bond donors (Lipinski definition) is 1. The molecular formula is C15H23NOS. The molecule has 0 aromatic heterocycles. The van der Waals surface area contributed by atoms with Crippen LogP contribution >= 0.6 is 12.6 Å². The second-order valence-corrected chi connectivity index (χ2v) is 6.20. The highest BCUT2D eigenvalue weighted by atomic mass is 32.1. The molecule has 1 aliphatic rings. The number of morpholine rings is 1. The van der Waals surface area contributed by atoms with Crippen LogP contribution in [-0.4, -0.2) is 36.7 Å². The van der Waals surface area contributed by atoms with Crippen molar-refractivity contribution < 1.29 is 4.74 Å². The predicted octanol–water partition coefficient (Wildman–Crippen LogP) is 2.94. The summed E-state index contributed by atoms with van der Waals surface area (Å²) in [5, 5.41) is 0. The van der Waals surface area contributed by atoms with Gasteiger partial charge in [-0.25, -0.2) is 0 Å². The van der Waals surface area contributed by atoms with E-state index in [9.17, 15) is 0 Å². The SMILES string of the molecule is Cc1ccc(CC(C)(C)N2CCOCC2)c(S)c1. The first-order valence-corrected chi connectivity index (χ1v) is 7.05. The van der Waals surface area contributed by atoms with Gasteiger partial charge in [-0.05, 0) is 38.8 Å². The molecule has 2 nitrogen and oxygen atoms in total. The molecule has 2 rings (SSSR count). The van der Waals surface area contributed by atoms with Gasteiger partial charge in [0.05, 0.1) is 13.2 Å². The van der Waals surface area contributed by atoms with E-state index >= 15 is 0 Å². The molecule has 1 aliphatic heterocycles. The summed E-state index contributed by atoms with van der Waals surface area (Å²) in [6.07, 6.45) is 1.03. The zero-order chi connectivity index (χ0) is 13.2. The first-order valence-electron chi connectivity index (χ1n) is 6.60. The molecule has 0 saturated carbocycles. The number of ether oxygens (including phenoxy) is 1. The maximum Gasteiger partial charge on any atom is 0.0594 e. The Morgan fingerprint density at radius 2 is 1.94 bits per heavy atom. The van der Waals surface area contributed by atoms with Crippen molar-refractivity contribution in [2.45, 2.75) is 37.6 Å². The Balaban J connectivity index is 2.10. The van der Waals surface area contributed by atoms with Gasteiger partial charge in [-0.3, -0.25) is 4.90 Å². The zero-order valence-electron chi connectivity index (χ0n) is 11.6. The molecule has 0 radical (unpaired) electrons. The third-order valence-corrected chi connectivity index (χ3v) is 4.15. The lowest BCUT2D eigenvalue weighted by molar-refractivity contribution is -0.0100. The summed E-state index contributed by atoms with van der Waals surface area (Å²) in [6, 6.07) is 6.53. The van der Waals surface area contributed by atoms with Gasteiger partial charge >= 0.3 is 0 Å². The molecule has 1 fully saturated rings. The number of benzene rings is 1. The van der Waals surface area contributed by atoms with Gasteiger partial charge < -0.3 is 4.74 Å². The minimum atomic E-state index is 0.163. The van der Waals surface area contributed by atoms with E-state index in [4.69, 9.17) is 4.74 Å². The third-order valence-electron chi connectivity index (χ3n) is 3.73. The van der Waals surface area contributed by atoms with Crippen molar-refractivity contribution in [3.8, 4) is 0 Å². The summed E-state index contributed by atoms with van der Waals surface area (Å²) in [5.74, 6) is 0. The Kier molecular flexibility index (Phi) is 4.36. The average molecular weight is 265 g/mol. The van der Waals surface area contributed by atoms with E-state index in [2.05, 4.69) is 56.5 Å². The van der Waals surface area contributed by atoms with E-state index in [-0.39, 0.29) is 5.54 Å². The maximum atomic E-state index is 5.43. The number of rotatable bonds is 3. The van der Waals surface area contributed by atoms with Crippen LogP contribution in [-0.2, 0) is 11.2 Å². The topological polar surface area (TPSA) is 12.5 Å². The molecule has 0 bridgehead atoms. The quantitative estimate of drug-likeness (QED) is 0.844. The van der Waals surface area contributed by atoms with Gasteiger partial charge in [0, 0.05) is 23.5 Å². The summed E-state index contributed by atoms with van der Waals surface area (Å²) in [5.41, 5.74) is 2.77. The maximum absolute atomic E-state index is 5.43. The van der Waals surface area contributed by atoms with Crippen molar-refractivity contribution in [1.29, 1.82) is 0 Å². The Bertz CT molecular complexity index is 411. The lowest BCUT2D eigenvalue weighted by Crippen LogP contribution is -2.51. The van der Waals surface area contributed by atoms with Gasteiger partial charge in [-0.2, -0.15) is 0 Å².